The normalized spacial score (nSPS) is 13.6. The molecule has 0 saturated heterocycles. The van der Waals surface area contributed by atoms with E-state index in [9.17, 15) is 29.1 Å². The third-order valence-electron chi connectivity index (χ3n) is 5.48. The fourth-order valence-electron chi connectivity index (χ4n) is 3.41. The van der Waals surface area contributed by atoms with Crippen molar-refractivity contribution in [3.05, 3.63) is 0 Å². The van der Waals surface area contributed by atoms with Crippen LogP contribution in [0.1, 0.15) is 51.4 Å². The summed E-state index contributed by atoms with van der Waals surface area (Å²) < 4.78 is 0. The van der Waals surface area contributed by atoms with Crippen LogP contribution in [-0.4, -0.2) is 90.4 Å². The van der Waals surface area contributed by atoms with Gasteiger partial charge in [-0.15, -0.1) is 0 Å². The second-order valence-electron chi connectivity index (χ2n) is 8.98. The van der Waals surface area contributed by atoms with E-state index in [4.69, 9.17) is 40.1 Å². The second-order valence-corrected chi connectivity index (χ2v) is 8.98. The molecular weight excluding hydrogens is 528 g/mol. The summed E-state index contributed by atoms with van der Waals surface area (Å²) in [6.45, 7) is 0.718. The fraction of sp³-hybridized carbons (Fsp3) is 0.682. The van der Waals surface area contributed by atoms with Crippen molar-refractivity contribution in [1.29, 1.82) is 0 Å². The quantitative estimate of drug-likeness (QED) is 0.0349. The van der Waals surface area contributed by atoms with Crippen LogP contribution >= 0.6 is 0 Å². The van der Waals surface area contributed by atoms with E-state index >= 15 is 0 Å². The number of nitrogens with two attached hydrogens (primary N) is 7. The molecule has 0 aliphatic carbocycles. The first-order valence-electron chi connectivity index (χ1n) is 12.8. The number of amides is 4. The number of aliphatic carboxylic acids is 1. The summed E-state index contributed by atoms with van der Waals surface area (Å²) in [6.07, 6.45) is 1.31. The molecule has 0 bridgehead atoms. The molecule has 18 N–H and O–H groups in total. The van der Waals surface area contributed by atoms with Gasteiger partial charge in [0.25, 0.3) is 0 Å². The molecule has 0 heterocycles. The van der Waals surface area contributed by atoms with Crippen molar-refractivity contribution >= 4 is 41.5 Å². The Morgan fingerprint density at radius 2 is 1.12 bits per heavy atom. The number of carboxylic acid groups (broad SMARTS) is 1. The summed E-state index contributed by atoms with van der Waals surface area (Å²) in [5, 5.41) is 16.7. The number of nitrogens with one attached hydrogen (secondary N) is 3. The summed E-state index contributed by atoms with van der Waals surface area (Å²) in [5.41, 5.74) is 37.6. The van der Waals surface area contributed by atoms with Gasteiger partial charge in [-0.25, -0.2) is 4.79 Å². The van der Waals surface area contributed by atoms with E-state index in [1.165, 1.54) is 0 Å². The molecule has 0 fully saturated rings. The van der Waals surface area contributed by atoms with Crippen LogP contribution in [0.2, 0.25) is 0 Å². The average Bonchev–Trinajstić information content (AvgIpc) is 2.86. The highest BCUT2D eigenvalue weighted by Crippen LogP contribution is 2.06. The van der Waals surface area contributed by atoms with Gasteiger partial charge in [0, 0.05) is 13.1 Å². The summed E-state index contributed by atoms with van der Waals surface area (Å²) >= 11 is 0. The van der Waals surface area contributed by atoms with Gasteiger partial charge in [-0.05, 0) is 51.5 Å². The average molecular weight is 573 g/mol. The number of aliphatic imine (C=N–C) groups is 2. The highest BCUT2D eigenvalue weighted by molar-refractivity contribution is 5.96. The third-order valence-corrected chi connectivity index (χ3v) is 5.48. The number of nitrogens with zero attached hydrogens (tertiary/aromatic N) is 2. The Kier molecular flexibility index (Phi) is 17.7. The summed E-state index contributed by atoms with van der Waals surface area (Å²) in [7, 11) is 0. The van der Waals surface area contributed by atoms with Gasteiger partial charge >= 0.3 is 5.97 Å². The largest absolute Gasteiger partial charge is 0.480 e. The van der Waals surface area contributed by atoms with Crippen LogP contribution in [0.5, 0.6) is 0 Å². The first kappa shape index (κ1) is 35.8. The maximum Gasteiger partial charge on any atom is 0.326 e. The summed E-state index contributed by atoms with van der Waals surface area (Å²) in [6, 6.07) is -4.96. The maximum atomic E-state index is 13.0. The van der Waals surface area contributed by atoms with E-state index in [1.807, 2.05) is 0 Å². The number of carboxylic acids is 1. The lowest BCUT2D eigenvalue weighted by atomic mass is 10.0. The lowest BCUT2D eigenvalue weighted by Gasteiger charge is -2.25. The van der Waals surface area contributed by atoms with Gasteiger partial charge in [0.15, 0.2) is 11.9 Å². The van der Waals surface area contributed by atoms with Crippen molar-refractivity contribution in [2.24, 2.45) is 50.1 Å². The van der Waals surface area contributed by atoms with Crippen LogP contribution in [0.15, 0.2) is 9.98 Å². The lowest BCUT2D eigenvalue weighted by Crippen LogP contribution is -2.57. The Labute approximate surface area is 232 Å². The molecular formula is C22H44N12O6. The van der Waals surface area contributed by atoms with E-state index in [-0.39, 0.29) is 50.7 Å². The van der Waals surface area contributed by atoms with Gasteiger partial charge in [0.05, 0.1) is 12.5 Å². The third kappa shape index (κ3) is 16.6. The van der Waals surface area contributed by atoms with Gasteiger partial charge in [-0.3, -0.25) is 29.2 Å². The van der Waals surface area contributed by atoms with E-state index < -0.39 is 60.2 Å². The number of carbonyl (C=O) groups excluding carboxylic acids is 4. The maximum absolute atomic E-state index is 13.0. The van der Waals surface area contributed by atoms with Crippen LogP contribution in [0.4, 0.5) is 0 Å². The number of unbranched alkanes of at least 4 members (excludes halogenated alkanes) is 1. The molecule has 4 atom stereocenters. The van der Waals surface area contributed by atoms with E-state index in [2.05, 4.69) is 25.9 Å². The molecule has 4 amide bonds. The van der Waals surface area contributed by atoms with E-state index in [0.29, 0.717) is 25.8 Å². The van der Waals surface area contributed by atoms with Crippen LogP contribution in [0.25, 0.3) is 0 Å². The highest BCUT2D eigenvalue weighted by atomic mass is 16.4. The van der Waals surface area contributed by atoms with Gasteiger partial charge < -0.3 is 61.2 Å². The molecule has 40 heavy (non-hydrogen) atoms. The molecule has 0 saturated carbocycles. The summed E-state index contributed by atoms with van der Waals surface area (Å²) in [5.74, 6) is -4.84. The number of primary amides is 1. The van der Waals surface area contributed by atoms with Gasteiger partial charge in [-0.2, -0.15) is 0 Å². The highest BCUT2D eigenvalue weighted by Gasteiger charge is 2.30. The first-order valence-corrected chi connectivity index (χ1v) is 12.8. The standard InChI is InChI=1S/C22H44N12O6/c23-8-2-1-6-13(18(37)33-14(20(39)40)7-4-10-31-22(28)29)32-19(38)15(11-16(25)35)34-17(36)12(24)5-3-9-30-21(26)27/h12-15H,1-11,23-24H2,(H2,25,35)(H,32,38)(H,33,37)(H,34,36)(H,39,40)(H4,26,27,30)(H4,28,29,31)/t12-,13-,14-,15-/m0/s1. The molecule has 0 rings (SSSR count). The molecule has 0 aliphatic rings. The Morgan fingerprint density at radius 1 is 0.650 bits per heavy atom. The van der Waals surface area contributed by atoms with Crippen molar-refractivity contribution in [2.75, 3.05) is 19.6 Å². The Bertz CT molecular complexity index is 905. The van der Waals surface area contributed by atoms with E-state index in [0.717, 1.165) is 0 Å². The molecule has 0 radical (unpaired) electrons. The van der Waals surface area contributed by atoms with Gasteiger partial charge in [0.2, 0.25) is 23.6 Å². The lowest BCUT2D eigenvalue weighted by molar-refractivity contribution is -0.142. The SMILES string of the molecule is NCCCC[C@H](NC(=O)[C@H](CC(N)=O)NC(=O)[C@@H](N)CCCN=C(N)N)C(=O)N[C@@H](CCCN=C(N)N)C(=O)O. The van der Waals surface area contributed by atoms with Crippen LogP contribution < -0.4 is 56.1 Å². The minimum Gasteiger partial charge on any atom is -0.480 e. The molecule has 18 heteroatoms. The number of hydrogen-bond acceptors (Lipinski definition) is 9. The van der Waals surface area contributed by atoms with Gasteiger partial charge in [0.1, 0.15) is 18.1 Å². The van der Waals surface area contributed by atoms with Crippen molar-refractivity contribution in [3.8, 4) is 0 Å². The summed E-state index contributed by atoms with van der Waals surface area (Å²) in [4.78, 5) is 69.4. The van der Waals surface area contributed by atoms with Crippen molar-refractivity contribution in [1.82, 2.24) is 16.0 Å². The van der Waals surface area contributed by atoms with E-state index in [1.54, 1.807) is 0 Å². The minimum atomic E-state index is -1.44. The molecule has 0 aliphatic heterocycles. The van der Waals surface area contributed by atoms with Crippen molar-refractivity contribution in [3.63, 3.8) is 0 Å². The van der Waals surface area contributed by atoms with Crippen LogP contribution in [0.3, 0.4) is 0 Å². The zero-order chi connectivity index (χ0) is 30.7. The molecule has 0 aromatic carbocycles. The molecule has 0 spiro atoms. The van der Waals surface area contributed by atoms with Crippen LogP contribution in [-0.2, 0) is 24.0 Å². The molecule has 228 valence electrons. The van der Waals surface area contributed by atoms with Crippen LogP contribution in [0, 0.1) is 0 Å². The zero-order valence-corrected chi connectivity index (χ0v) is 22.5. The van der Waals surface area contributed by atoms with Gasteiger partial charge in [-0.1, -0.05) is 0 Å². The molecule has 18 nitrogen and oxygen atoms in total. The predicted molar refractivity (Wildman–Crippen MR) is 148 cm³/mol. The van der Waals surface area contributed by atoms with Crippen molar-refractivity contribution in [2.45, 2.75) is 75.5 Å². The molecule has 0 aromatic rings. The minimum absolute atomic E-state index is 0.0166. The fourth-order valence-corrected chi connectivity index (χ4v) is 3.41. The number of rotatable bonds is 21. The first-order chi connectivity index (χ1) is 18.8. The smallest absolute Gasteiger partial charge is 0.326 e. The zero-order valence-electron chi connectivity index (χ0n) is 22.5. The predicted octanol–water partition coefficient (Wildman–Crippen LogP) is -5.04. The molecule has 0 unspecified atom stereocenters. The Morgan fingerprint density at radius 3 is 1.62 bits per heavy atom. The Hall–Kier alpha value is -4.19. The number of carbonyl (C=O) groups is 5. The molecule has 0 aromatic heterocycles. The second kappa shape index (κ2) is 19.8. The number of guanidine groups is 2. The Balaban J connectivity index is 5.47. The van der Waals surface area contributed by atoms with Crippen molar-refractivity contribution < 1.29 is 29.1 Å². The topological polar surface area (TPSA) is 349 Å². The number of hydrogen-bond donors (Lipinski definition) is 11. The monoisotopic (exact) mass is 572 g/mol.